The Morgan fingerprint density at radius 3 is 2.41 bits per heavy atom. The van der Waals surface area contributed by atoms with Crippen LogP contribution in [0.2, 0.25) is 5.02 Å². The molecule has 0 amide bonds. The number of rotatable bonds is 5. The Morgan fingerprint density at radius 1 is 1.00 bits per heavy atom. The number of methoxy groups -OCH3 is 1. The zero-order chi connectivity index (χ0) is 20.4. The van der Waals surface area contributed by atoms with Gasteiger partial charge in [0.25, 0.3) is 0 Å². The molecule has 1 heterocycles. The molecule has 29 heavy (non-hydrogen) atoms. The van der Waals surface area contributed by atoms with Gasteiger partial charge in [-0.25, -0.2) is 4.79 Å². The highest BCUT2D eigenvalue weighted by Crippen LogP contribution is 2.38. The summed E-state index contributed by atoms with van der Waals surface area (Å²) in [5, 5.41) is 1.53. The van der Waals surface area contributed by atoms with Gasteiger partial charge in [0.15, 0.2) is 11.4 Å². The van der Waals surface area contributed by atoms with E-state index in [4.69, 9.17) is 21.1 Å². The van der Waals surface area contributed by atoms with Gasteiger partial charge in [0, 0.05) is 17.0 Å². The Labute approximate surface area is 174 Å². The van der Waals surface area contributed by atoms with Crippen molar-refractivity contribution in [3.8, 4) is 11.5 Å². The standard InChI is InChI=1S/C24H20ClNO3/c1-16-8-13-21-20(14-16)23(29-19-6-4-3-5-7-19)22(24(27)28-2)26(21)15-17-9-11-18(25)12-10-17/h3-14H,15H2,1-2H3. The average molecular weight is 406 g/mol. The van der Waals surface area contributed by atoms with Crippen molar-refractivity contribution in [1.29, 1.82) is 0 Å². The number of halogens is 1. The summed E-state index contributed by atoms with van der Waals surface area (Å²) >= 11 is 6.02. The van der Waals surface area contributed by atoms with E-state index in [0.717, 1.165) is 22.0 Å². The van der Waals surface area contributed by atoms with Gasteiger partial charge in [-0.2, -0.15) is 0 Å². The number of fused-ring (bicyclic) bond motifs is 1. The maximum Gasteiger partial charge on any atom is 0.358 e. The van der Waals surface area contributed by atoms with Crippen LogP contribution in [-0.4, -0.2) is 17.6 Å². The predicted molar refractivity (Wildman–Crippen MR) is 115 cm³/mol. The van der Waals surface area contributed by atoms with Crippen molar-refractivity contribution in [2.45, 2.75) is 13.5 Å². The molecule has 5 heteroatoms. The number of benzene rings is 3. The normalized spacial score (nSPS) is 10.9. The van der Waals surface area contributed by atoms with Gasteiger partial charge in [-0.1, -0.05) is 53.6 Å². The topological polar surface area (TPSA) is 40.5 Å². The van der Waals surface area contributed by atoms with E-state index in [1.54, 1.807) is 0 Å². The molecule has 1 aromatic heterocycles. The van der Waals surface area contributed by atoms with Crippen molar-refractivity contribution >= 4 is 28.5 Å². The minimum Gasteiger partial charge on any atom is -0.464 e. The van der Waals surface area contributed by atoms with Crippen molar-refractivity contribution in [3.05, 3.63) is 94.6 Å². The van der Waals surface area contributed by atoms with Crippen LogP contribution in [0.3, 0.4) is 0 Å². The van der Waals surface area contributed by atoms with Crippen molar-refractivity contribution in [2.24, 2.45) is 0 Å². The Balaban J connectivity index is 1.93. The lowest BCUT2D eigenvalue weighted by Gasteiger charge is -2.11. The minimum atomic E-state index is -0.446. The van der Waals surface area contributed by atoms with Crippen molar-refractivity contribution in [3.63, 3.8) is 0 Å². The number of nitrogens with zero attached hydrogens (tertiary/aromatic N) is 1. The second-order valence-electron chi connectivity index (χ2n) is 6.82. The number of aromatic nitrogens is 1. The first-order valence-electron chi connectivity index (χ1n) is 9.25. The Kier molecular flexibility index (Phi) is 5.28. The fourth-order valence-electron chi connectivity index (χ4n) is 3.38. The highest BCUT2D eigenvalue weighted by Gasteiger charge is 2.26. The average Bonchev–Trinajstić information content (AvgIpc) is 3.02. The lowest BCUT2D eigenvalue weighted by atomic mass is 10.1. The first kappa shape index (κ1) is 19.1. The van der Waals surface area contributed by atoms with Gasteiger partial charge in [0.1, 0.15) is 5.75 Å². The molecule has 0 saturated carbocycles. The number of carbonyl (C=O) groups is 1. The van der Waals surface area contributed by atoms with Gasteiger partial charge in [-0.3, -0.25) is 0 Å². The summed E-state index contributed by atoms with van der Waals surface area (Å²) in [7, 11) is 1.38. The van der Waals surface area contributed by atoms with E-state index in [1.807, 2.05) is 84.3 Å². The Morgan fingerprint density at radius 2 is 1.72 bits per heavy atom. The molecule has 0 radical (unpaired) electrons. The van der Waals surface area contributed by atoms with Gasteiger partial charge in [0.2, 0.25) is 0 Å². The van der Waals surface area contributed by atoms with E-state index in [-0.39, 0.29) is 0 Å². The molecule has 0 aliphatic heterocycles. The summed E-state index contributed by atoms with van der Waals surface area (Å²) in [6.07, 6.45) is 0. The van der Waals surface area contributed by atoms with Crippen molar-refractivity contribution in [1.82, 2.24) is 4.57 Å². The van der Waals surface area contributed by atoms with Crippen LogP contribution in [0, 0.1) is 6.92 Å². The maximum absolute atomic E-state index is 12.8. The van der Waals surface area contributed by atoms with Crippen LogP contribution in [0.4, 0.5) is 0 Å². The van der Waals surface area contributed by atoms with Crippen LogP contribution in [-0.2, 0) is 11.3 Å². The zero-order valence-electron chi connectivity index (χ0n) is 16.2. The molecule has 4 rings (SSSR count). The second kappa shape index (κ2) is 8.02. The SMILES string of the molecule is COC(=O)c1c(Oc2ccccc2)c2cc(C)ccc2n1Cc1ccc(Cl)cc1. The van der Waals surface area contributed by atoms with E-state index >= 15 is 0 Å². The number of ether oxygens (including phenoxy) is 2. The summed E-state index contributed by atoms with van der Waals surface area (Å²) in [5.74, 6) is 0.708. The highest BCUT2D eigenvalue weighted by molar-refractivity contribution is 6.30. The predicted octanol–water partition coefficient (Wildman–Crippen LogP) is 6.23. The summed E-state index contributed by atoms with van der Waals surface area (Å²) in [6, 6.07) is 23.1. The number of esters is 1. The van der Waals surface area contributed by atoms with Crippen LogP contribution in [0.1, 0.15) is 21.6 Å². The quantitative estimate of drug-likeness (QED) is 0.369. The molecule has 4 nitrogen and oxygen atoms in total. The van der Waals surface area contributed by atoms with E-state index in [0.29, 0.717) is 28.8 Å². The Bertz CT molecular complexity index is 1160. The molecule has 146 valence electrons. The molecule has 0 spiro atoms. The van der Waals surface area contributed by atoms with Crippen molar-refractivity contribution < 1.29 is 14.3 Å². The summed E-state index contributed by atoms with van der Waals surface area (Å²) in [6.45, 7) is 2.50. The van der Waals surface area contributed by atoms with Crippen LogP contribution < -0.4 is 4.74 Å². The maximum atomic E-state index is 12.8. The highest BCUT2D eigenvalue weighted by atomic mass is 35.5. The van der Waals surface area contributed by atoms with E-state index in [1.165, 1.54) is 7.11 Å². The van der Waals surface area contributed by atoms with Crippen LogP contribution in [0.15, 0.2) is 72.8 Å². The fourth-order valence-corrected chi connectivity index (χ4v) is 3.51. The zero-order valence-corrected chi connectivity index (χ0v) is 16.9. The molecule has 3 aromatic carbocycles. The molecule has 0 aliphatic carbocycles. The van der Waals surface area contributed by atoms with Gasteiger partial charge in [0.05, 0.1) is 12.6 Å². The summed E-state index contributed by atoms with van der Waals surface area (Å²) < 4.78 is 13.2. The molecule has 0 aliphatic rings. The van der Waals surface area contributed by atoms with E-state index in [9.17, 15) is 4.79 Å². The Hall–Kier alpha value is -3.24. The largest absolute Gasteiger partial charge is 0.464 e. The molecule has 0 N–H and O–H groups in total. The van der Waals surface area contributed by atoms with E-state index in [2.05, 4.69) is 0 Å². The second-order valence-corrected chi connectivity index (χ2v) is 7.25. The number of carbonyl (C=O) groups excluding carboxylic acids is 1. The number of hydrogen-bond donors (Lipinski definition) is 0. The van der Waals surface area contributed by atoms with Crippen molar-refractivity contribution in [2.75, 3.05) is 7.11 Å². The van der Waals surface area contributed by atoms with Crippen LogP contribution >= 0.6 is 11.6 Å². The van der Waals surface area contributed by atoms with Crippen LogP contribution in [0.5, 0.6) is 11.5 Å². The van der Waals surface area contributed by atoms with Gasteiger partial charge >= 0.3 is 5.97 Å². The lowest BCUT2D eigenvalue weighted by molar-refractivity contribution is 0.0586. The molecule has 0 fully saturated rings. The third-order valence-electron chi connectivity index (χ3n) is 4.77. The number of hydrogen-bond acceptors (Lipinski definition) is 3. The van der Waals surface area contributed by atoms with Crippen LogP contribution in [0.25, 0.3) is 10.9 Å². The first-order valence-corrected chi connectivity index (χ1v) is 9.63. The molecule has 0 atom stereocenters. The van der Waals surface area contributed by atoms with Gasteiger partial charge in [-0.15, -0.1) is 0 Å². The van der Waals surface area contributed by atoms with Gasteiger partial charge in [-0.05, 0) is 48.9 Å². The molecular formula is C24H20ClNO3. The molecule has 0 saturated heterocycles. The minimum absolute atomic E-state index is 0.381. The number of para-hydroxylation sites is 1. The van der Waals surface area contributed by atoms with E-state index < -0.39 is 5.97 Å². The third kappa shape index (κ3) is 3.84. The van der Waals surface area contributed by atoms with Gasteiger partial charge < -0.3 is 14.0 Å². The smallest absolute Gasteiger partial charge is 0.358 e. The summed E-state index contributed by atoms with van der Waals surface area (Å²) in [4.78, 5) is 12.8. The molecule has 0 bridgehead atoms. The lowest BCUT2D eigenvalue weighted by Crippen LogP contribution is -2.12. The summed E-state index contributed by atoms with van der Waals surface area (Å²) in [5.41, 5.74) is 3.38. The third-order valence-corrected chi connectivity index (χ3v) is 5.02. The monoisotopic (exact) mass is 405 g/mol. The first-order chi connectivity index (χ1) is 14.1. The molecule has 0 unspecified atom stereocenters. The molecule has 4 aromatic rings. The molecular weight excluding hydrogens is 386 g/mol. The fraction of sp³-hybridized carbons (Fsp3) is 0.125. The number of aryl methyl sites for hydroxylation is 1.